The summed E-state index contributed by atoms with van der Waals surface area (Å²) in [6.07, 6.45) is 8.70. The standard InChI is InChI=1S/C17H22N2O2/c18-11-13-4-5-16(15(19)10-13)20-12-14-6-9-17(21-14)7-2-1-3-8-17/h4-5,10,14H,1-3,6-9,12,19H2. The zero-order valence-corrected chi connectivity index (χ0v) is 12.3. The molecule has 2 fully saturated rings. The van der Waals surface area contributed by atoms with Crippen LogP contribution in [0.2, 0.25) is 0 Å². The first-order valence-electron chi connectivity index (χ1n) is 7.81. The number of rotatable bonds is 3. The Morgan fingerprint density at radius 3 is 2.81 bits per heavy atom. The lowest BCUT2D eigenvalue weighted by molar-refractivity contribution is -0.0748. The fourth-order valence-electron chi connectivity index (χ4n) is 3.51. The highest BCUT2D eigenvalue weighted by Crippen LogP contribution is 2.42. The topological polar surface area (TPSA) is 68.3 Å². The maximum atomic E-state index is 8.83. The molecule has 1 saturated carbocycles. The van der Waals surface area contributed by atoms with Gasteiger partial charge in [0.2, 0.25) is 0 Å². The normalized spacial score (nSPS) is 23.9. The fourth-order valence-corrected chi connectivity index (χ4v) is 3.51. The van der Waals surface area contributed by atoms with Gasteiger partial charge in [0.25, 0.3) is 0 Å². The molecule has 112 valence electrons. The molecule has 1 spiro atoms. The van der Waals surface area contributed by atoms with Crippen LogP contribution < -0.4 is 10.5 Å². The molecule has 2 N–H and O–H groups in total. The quantitative estimate of drug-likeness (QED) is 0.865. The van der Waals surface area contributed by atoms with Crippen molar-refractivity contribution in [1.82, 2.24) is 0 Å². The predicted molar refractivity (Wildman–Crippen MR) is 81.0 cm³/mol. The summed E-state index contributed by atoms with van der Waals surface area (Å²) < 4.78 is 12.1. The number of nitrogens with zero attached hydrogens (tertiary/aromatic N) is 1. The van der Waals surface area contributed by atoms with E-state index < -0.39 is 0 Å². The Balaban J connectivity index is 1.55. The van der Waals surface area contributed by atoms with Gasteiger partial charge in [-0.1, -0.05) is 19.3 Å². The van der Waals surface area contributed by atoms with Crippen molar-refractivity contribution in [3.05, 3.63) is 23.8 Å². The van der Waals surface area contributed by atoms with Gasteiger partial charge in [-0.3, -0.25) is 0 Å². The SMILES string of the molecule is N#Cc1ccc(OCC2CCC3(CCCCC3)O2)c(N)c1. The van der Waals surface area contributed by atoms with Gasteiger partial charge < -0.3 is 15.2 Å². The lowest BCUT2D eigenvalue weighted by atomic mass is 9.83. The van der Waals surface area contributed by atoms with Crippen LogP contribution in [0.25, 0.3) is 0 Å². The summed E-state index contributed by atoms with van der Waals surface area (Å²) in [5.74, 6) is 0.641. The van der Waals surface area contributed by atoms with Crippen molar-refractivity contribution in [3.8, 4) is 11.8 Å². The van der Waals surface area contributed by atoms with Crippen molar-refractivity contribution in [3.63, 3.8) is 0 Å². The van der Waals surface area contributed by atoms with E-state index in [1.54, 1.807) is 18.2 Å². The smallest absolute Gasteiger partial charge is 0.142 e. The van der Waals surface area contributed by atoms with Crippen LogP contribution >= 0.6 is 0 Å². The highest BCUT2D eigenvalue weighted by Gasteiger charge is 2.40. The van der Waals surface area contributed by atoms with Crippen LogP contribution in [0, 0.1) is 11.3 Å². The molecule has 1 atom stereocenters. The van der Waals surface area contributed by atoms with Gasteiger partial charge in [-0.25, -0.2) is 0 Å². The first kappa shape index (κ1) is 14.2. The molecule has 1 aliphatic carbocycles. The van der Waals surface area contributed by atoms with Crippen molar-refractivity contribution >= 4 is 5.69 Å². The zero-order chi connectivity index (χ0) is 14.7. The van der Waals surface area contributed by atoms with Crippen molar-refractivity contribution in [2.24, 2.45) is 0 Å². The third kappa shape index (κ3) is 3.14. The zero-order valence-electron chi connectivity index (χ0n) is 12.3. The molecule has 0 aromatic heterocycles. The molecule has 0 radical (unpaired) electrons. The van der Waals surface area contributed by atoms with E-state index in [0.717, 1.165) is 12.8 Å². The lowest BCUT2D eigenvalue weighted by Crippen LogP contribution is -2.32. The van der Waals surface area contributed by atoms with E-state index >= 15 is 0 Å². The molecule has 1 unspecified atom stereocenters. The fraction of sp³-hybridized carbons (Fsp3) is 0.588. The number of anilines is 1. The highest BCUT2D eigenvalue weighted by atomic mass is 16.6. The molecule has 2 aliphatic rings. The van der Waals surface area contributed by atoms with Crippen molar-refractivity contribution in [2.75, 3.05) is 12.3 Å². The average Bonchev–Trinajstić information content (AvgIpc) is 2.89. The van der Waals surface area contributed by atoms with Gasteiger partial charge in [0.15, 0.2) is 0 Å². The third-order valence-electron chi connectivity index (χ3n) is 4.67. The van der Waals surface area contributed by atoms with Crippen molar-refractivity contribution in [1.29, 1.82) is 5.26 Å². The number of nitriles is 1. The summed E-state index contributed by atoms with van der Waals surface area (Å²) in [5, 5.41) is 8.83. The number of hydrogen-bond donors (Lipinski definition) is 1. The van der Waals surface area contributed by atoms with Crippen LogP contribution in [0.1, 0.15) is 50.5 Å². The third-order valence-corrected chi connectivity index (χ3v) is 4.67. The van der Waals surface area contributed by atoms with E-state index in [0.29, 0.717) is 23.6 Å². The van der Waals surface area contributed by atoms with Gasteiger partial charge in [0.05, 0.1) is 29.0 Å². The Morgan fingerprint density at radius 2 is 2.10 bits per heavy atom. The van der Waals surface area contributed by atoms with Crippen molar-refractivity contribution in [2.45, 2.75) is 56.7 Å². The second kappa shape index (κ2) is 5.95. The Morgan fingerprint density at radius 1 is 1.29 bits per heavy atom. The predicted octanol–water partition coefficient (Wildman–Crippen LogP) is 3.40. The number of nitrogens with two attached hydrogens (primary N) is 1. The van der Waals surface area contributed by atoms with Crippen LogP contribution in [0.4, 0.5) is 5.69 Å². The van der Waals surface area contributed by atoms with Crippen molar-refractivity contribution < 1.29 is 9.47 Å². The lowest BCUT2D eigenvalue weighted by Gasteiger charge is -2.33. The number of nitrogen functional groups attached to an aromatic ring is 1. The molecule has 1 saturated heterocycles. The molecule has 0 bridgehead atoms. The van der Waals surface area contributed by atoms with Gasteiger partial charge in [0.1, 0.15) is 12.4 Å². The summed E-state index contributed by atoms with van der Waals surface area (Å²) in [4.78, 5) is 0. The molecule has 1 aromatic carbocycles. The maximum Gasteiger partial charge on any atom is 0.142 e. The van der Waals surface area contributed by atoms with Crippen LogP contribution in [0.15, 0.2) is 18.2 Å². The van der Waals surface area contributed by atoms with Gasteiger partial charge >= 0.3 is 0 Å². The second-order valence-electron chi connectivity index (χ2n) is 6.20. The minimum atomic E-state index is 0.127. The Bertz CT molecular complexity index is 544. The number of benzene rings is 1. The molecule has 4 heteroatoms. The molecule has 0 amide bonds. The summed E-state index contributed by atoms with van der Waals surface area (Å²) in [7, 11) is 0. The van der Waals surface area contributed by atoms with E-state index in [-0.39, 0.29) is 11.7 Å². The molecule has 4 nitrogen and oxygen atoms in total. The van der Waals surface area contributed by atoms with Gasteiger partial charge in [-0.2, -0.15) is 5.26 Å². The van der Waals surface area contributed by atoms with Crippen LogP contribution in [0.5, 0.6) is 5.75 Å². The summed E-state index contributed by atoms with van der Waals surface area (Å²) in [6.45, 7) is 0.540. The highest BCUT2D eigenvalue weighted by molar-refractivity contribution is 5.56. The summed E-state index contributed by atoms with van der Waals surface area (Å²) in [5.41, 5.74) is 7.10. The molecule has 1 aliphatic heterocycles. The molecule has 1 aromatic rings. The molecule has 21 heavy (non-hydrogen) atoms. The number of hydrogen-bond acceptors (Lipinski definition) is 4. The first-order valence-corrected chi connectivity index (χ1v) is 7.81. The second-order valence-corrected chi connectivity index (χ2v) is 6.20. The number of ether oxygens (including phenoxy) is 2. The first-order chi connectivity index (χ1) is 10.2. The molecular weight excluding hydrogens is 264 g/mol. The van der Waals surface area contributed by atoms with Gasteiger partial charge in [-0.15, -0.1) is 0 Å². The van der Waals surface area contributed by atoms with E-state index in [4.69, 9.17) is 20.5 Å². The maximum absolute atomic E-state index is 8.83. The Hall–Kier alpha value is -1.73. The van der Waals surface area contributed by atoms with E-state index in [1.807, 2.05) is 0 Å². The molecule has 3 rings (SSSR count). The van der Waals surface area contributed by atoms with Gasteiger partial charge in [-0.05, 0) is 43.9 Å². The Labute approximate surface area is 125 Å². The van der Waals surface area contributed by atoms with E-state index in [2.05, 4.69) is 6.07 Å². The van der Waals surface area contributed by atoms with Crippen LogP contribution in [-0.2, 0) is 4.74 Å². The van der Waals surface area contributed by atoms with Crippen LogP contribution in [-0.4, -0.2) is 18.3 Å². The average molecular weight is 286 g/mol. The minimum absolute atomic E-state index is 0.127. The summed E-state index contributed by atoms with van der Waals surface area (Å²) in [6, 6.07) is 7.21. The monoisotopic (exact) mass is 286 g/mol. The summed E-state index contributed by atoms with van der Waals surface area (Å²) >= 11 is 0. The molecule has 1 heterocycles. The Kier molecular flexibility index (Phi) is 4.03. The molecular formula is C17H22N2O2. The van der Waals surface area contributed by atoms with Crippen LogP contribution in [0.3, 0.4) is 0 Å². The van der Waals surface area contributed by atoms with E-state index in [1.165, 1.54) is 32.1 Å². The van der Waals surface area contributed by atoms with E-state index in [9.17, 15) is 0 Å². The minimum Gasteiger partial charge on any atom is -0.489 e. The van der Waals surface area contributed by atoms with Gasteiger partial charge in [0, 0.05) is 0 Å². The largest absolute Gasteiger partial charge is 0.489 e.